The maximum atomic E-state index is 12.8. The molecule has 0 aromatic heterocycles. The Kier molecular flexibility index (Phi) is 9.94. The van der Waals surface area contributed by atoms with Gasteiger partial charge in [0, 0.05) is 25.9 Å². The van der Waals surface area contributed by atoms with Crippen molar-refractivity contribution in [2.75, 3.05) is 0 Å². The summed E-state index contributed by atoms with van der Waals surface area (Å²) in [5.74, 6) is -0.451. The molecule has 0 radical (unpaired) electrons. The molecule has 23 heavy (non-hydrogen) atoms. The van der Waals surface area contributed by atoms with Crippen LogP contribution in [-0.2, 0) is 11.9 Å². The lowest BCUT2D eigenvalue weighted by Crippen LogP contribution is -1.86. The SMILES string of the molecule is Fc1ccc(Br)c(CBr)c1.Fc1ccc(Br)c(CN=CC=S)c1. The molecule has 0 atom stereocenters. The number of benzene rings is 2. The van der Waals surface area contributed by atoms with Crippen molar-refractivity contribution in [2.24, 2.45) is 4.99 Å². The molecule has 2 rings (SSSR count). The van der Waals surface area contributed by atoms with Crippen molar-refractivity contribution in [3.63, 3.8) is 0 Å². The van der Waals surface area contributed by atoms with Gasteiger partial charge in [0.25, 0.3) is 0 Å². The van der Waals surface area contributed by atoms with Crippen molar-refractivity contribution in [3.8, 4) is 0 Å². The minimum Gasteiger partial charge on any atom is -0.288 e. The van der Waals surface area contributed by atoms with Gasteiger partial charge in [0.1, 0.15) is 11.6 Å². The van der Waals surface area contributed by atoms with Gasteiger partial charge in [-0.15, -0.1) is 0 Å². The van der Waals surface area contributed by atoms with E-state index in [1.165, 1.54) is 35.8 Å². The maximum Gasteiger partial charge on any atom is 0.123 e. The normalized spacial score (nSPS) is 10.3. The zero-order valence-electron chi connectivity index (χ0n) is 11.8. The van der Waals surface area contributed by atoms with Crippen LogP contribution < -0.4 is 0 Å². The summed E-state index contributed by atoms with van der Waals surface area (Å²) >= 11 is 14.4. The summed E-state index contributed by atoms with van der Waals surface area (Å²) in [5.41, 5.74) is 1.74. The lowest BCUT2D eigenvalue weighted by atomic mass is 10.2. The van der Waals surface area contributed by atoms with Crippen molar-refractivity contribution in [1.82, 2.24) is 0 Å². The van der Waals surface area contributed by atoms with E-state index in [1.54, 1.807) is 12.1 Å². The van der Waals surface area contributed by atoms with Crippen molar-refractivity contribution >= 4 is 71.6 Å². The van der Waals surface area contributed by atoms with Crippen LogP contribution in [0.5, 0.6) is 0 Å². The molecule has 0 saturated heterocycles. The average molecular weight is 528 g/mol. The van der Waals surface area contributed by atoms with E-state index in [4.69, 9.17) is 0 Å². The molecule has 7 heteroatoms. The highest BCUT2D eigenvalue weighted by molar-refractivity contribution is 9.11. The summed E-state index contributed by atoms with van der Waals surface area (Å²) in [6, 6.07) is 9.14. The first-order valence-electron chi connectivity index (χ1n) is 6.35. The molecule has 0 unspecified atom stereocenters. The second kappa shape index (κ2) is 11.1. The number of rotatable bonds is 4. The highest BCUT2D eigenvalue weighted by Gasteiger charge is 1.99. The third kappa shape index (κ3) is 7.74. The summed E-state index contributed by atoms with van der Waals surface area (Å²) in [4.78, 5) is 3.98. The van der Waals surface area contributed by atoms with Crippen LogP contribution in [0, 0.1) is 11.6 Å². The molecule has 0 aliphatic rings. The minimum absolute atomic E-state index is 0.197. The van der Waals surface area contributed by atoms with Crippen LogP contribution in [-0.4, -0.2) is 11.6 Å². The van der Waals surface area contributed by atoms with Gasteiger partial charge < -0.3 is 0 Å². The number of hydrogen-bond acceptors (Lipinski definition) is 2. The van der Waals surface area contributed by atoms with Gasteiger partial charge in [-0.25, -0.2) is 8.78 Å². The van der Waals surface area contributed by atoms with Crippen LogP contribution in [0.3, 0.4) is 0 Å². The molecule has 1 nitrogen and oxygen atoms in total. The second-order valence-corrected chi connectivity index (χ2v) is 6.77. The first-order chi connectivity index (χ1) is 11.0. The van der Waals surface area contributed by atoms with Crippen LogP contribution in [0.1, 0.15) is 11.1 Å². The first kappa shape index (κ1) is 20.5. The van der Waals surface area contributed by atoms with Gasteiger partial charge >= 0.3 is 0 Å². The molecule has 0 amide bonds. The van der Waals surface area contributed by atoms with Crippen molar-refractivity contribution < 1.29 is 8.78 Å². The summed E-state index contributed by atoms with van der Waals surface area (Å²) in [6.45, 7) is 0.436. The Morgan fingerprint density at radius 1 is 0.957 bits per heavy atom. The van der Waals surface area contributed by atoms with Crippen LogP contribution in [0.15, 0.2) is 50.3 Å². The first-order valence-corrected chi connectivity index (χ1v) is 9.53. The van der Waals surface area contributed by atoms with Crippen LogP contribution in [0.4, 0.5) is 8.78 Å². The van der Waals surface area contributed by atoms with Gasteiger partial charge in [0.15, 0.2) is 0 Å². The molecule has 0 aliphatic heterocycles. The molecule has 2 aromatic rings. The Hall–Kier alpha value is -0.500. The Labute approximate surface area is 164 Å². The molecule has 0 spiro atoms. The van der Waals surface area contributed by atoms with E-state index in [0.29, 0.717) is 11.9 Å². The predicted molar refractivity (Wildman–Crippen MR) is 107 cm³/mol. The largest absolute Gasteiger partial charge is 0.288 e. The highest BCUT2D eigenvalue weighted by atomic mass is 79.9. The van der Waals surface area contributed by atoms with Crippen LogP contribution >= 0.6 is 60.0 Å². The van der Waals surface area contributed by atoms with E-state index >= 15 is 0 Å². The van der Waals surface area contributed by atoms with Gasteiger partial charge in [0.2, 0.25) is 0 Å². The van der Waals surface area contributed by atoms with E-state index in [-0.39, 0.29) is 11.6 Å². The molecule has 0 N–H and O–H groups in total. The summed E-state index contributed by atoms with van der Waals surface area (Å²) < 4.78 is 27.0. The second-order valence-electron chi connectivity index (χ2n) is 4.23. The molecule has 0 fully saturated rings. The predicted octanol–water partition coefficient (Wildman–Crippen LogP) is 6.64. The third-order valence-corrected chi connectivity index (χ3v) is 4.86. The van der Waals surface area contributed by atoms with E-state index in [1.807, 2.05) is 0 Å². The zero-order chi connectivity index (χ0) is 17.2. The van der Waals surface area contributed by atoms with Crippen LogP contribution in [0.2, 0.25) is 0 Å². The van der Waals surface area contributed by atoms with Gasteiger partial charge in [-0.3, -0.25) is 4.99 Å². The molecule has 0 aliphatic carbocycles. The van der Waals surface area contributed by atoms with E-state index in [2.05, 4.69) is 65.0 Å². The van der Waals surface area contributed by atoms with Gasteiger partial charge in [-0.1, -0.05) is 60.0 Å². The fourth-order valence-corrected chi connectivity index (χ4v) is 3.19. The zero-order valence-corrected chi connectivity index (χ0v) is 17.4. The van der Waals surface area contributed by atoms with Gasteiger partial charge in [0.05, 0.1) is 6.54 Å². The molecule has 0 saturated carbocycles. The third-order valence-electron chi connectivity index (χ3n) is 2.59. The van der Waals surface area contributed by atoms with Crippen LogP contribution in [0.25, 0.3) is 0 Å². The standard InChI is InChI=1S/C9H7BrFNS.C7H5Br2F/c10-9-2-1-8(11)5-7(9)6-12-3-4-13;8-4-5-3-6(10)1-2-7(5)9/h1-5H,6H2;1-3H,4H2. The molecule has 2 aromatic carbocycles. The number of thiocarbonyl (C=S) groups is 1. The summed E-state index contributed by atoms with van der Waals surface area (Å²) in [7, 11) is 0. The number of hydrogen-bond donors (Lipinski definition) is 0. The molecule has 0 bridgehead atoms. The number of alkyl halides is 1. The lowest BCUT2D eigenvalue weighted by molar-refractivity contribution is 0.625. The molecule has 0 heterocycles. The Bertz CT molecular complexity index is 693. The highest BCUT2D eigenvalue weighted by Crippen LogP contribution is 2.20. The van der Waals surface area contributed by atoms with E-state index in [0.717, 1.165) is 20.1 Å². The molecular weight excluding hydrogens is 516 g/mol. The molecular formula is C16H12Br3F2NS. The monoisotopic (exact) mass is 525 g/mol. The smallest absolute Gasteiger partial charge is 0.123 e. The topological polar surface area (TPSA) is 12.4 Å². The lowest BCUT2D eigenvalue weighted by Gasteiger charge is -1.99. The average Bonchev–Trinajstić information content (AvgIpc) is 2.54. The number of halogens is 5. The van der Waals surface area contributed by atoms with Crippen molar-refractivity contribution in [2.45, 2.75) is 11.9 Å². The Morgan fingerprint density at radius 2 is 1.48 bits per heavy atom. The summed E-state index contributed by atoms with van der Waals surface area (Å²) in [5, 5.41) is 2.10. The van der Waals surface area contributed by atoms with Crippen molar-refractivity contribution in [1.29, 1.82) is 0 Å². The van der Waals surface area contributed by atoms with Crippen molar-refractivity contribution in [3.05, 3.63) is 68.1 Å². The number of aliphatic imine (C=N–C) groups is 1. The Morgan fingerprint density at radius 3 is 1.96 bits per heavy atom. The maximum absolute atomic E-state index is 12.8. The fourth-order valence-electron chi connectivity index (χ4n) is 1.50. The summed E-state index contributed by atoms with van der Waals surface area (Å²) in [6.07, 6.45) is 1.52. The Balaban J connectivity index is 0.000000238. The quantitative estimate of drug-likeness (QED) is 0.246. The van der Waals surface area contributed by atoms with E-state index in [9.17, 15) is 8.78 Å². The van der Waals surface area contributed by atoms with Gasteiger partial charge in [-0.05, 0) is 47.5 Å². The number of nitrogens with zero attached hydrogens (tertiary/aromatic N) is 1. The molecule has 122 valence electrons. The van der Waals surface area contributed by atoms with Gasteiger partial charge in [-0.2, -0.15) is 0 Å². The minimum atomic E-state index is -0.254. The van der Waals surface area contributed by atoms with E-state index < -0.39 is 0 Å². The fraction of sp³-hybridized carbons (Fsp3) is 0.125.